The molecule has 0 saturated heterocycles. The van der Waals surface area contributed by atoms with Gasteiger partial charge in [0.05, 0.1) is 29.2 Å². The summed E-state index contributed by atoms with van der Waals surface area (Å²) in [6.45, 7) is 0.620. The quantitative estimate of drug-likeness (QED) is 0.554. The van der Waals surface area contributed by atoms with Gasteiger partial charge in [0.2, 0.25) is 0 Å². The minimum atomic E-state index is 0.620. The number of nitrogens with zero attached hydrogens (tertiary/aromatic N) is 3. The molecule has 0 unspecified atom stereocenters. The fourth-order valence-corrected chi connectivity index (χ4v) is 2.98. The lowest BCUT2D eigenvalue weighted by molar-refractivity contribution is 0.832. The first-order valence-electron chi connectivity index (χ1n) is 7.85. The van der Waals surface area contributed by atoms with Gasteiger partial charge in [-0.1, -0.05) is 60.7 Å². The number of hydrogen-bond acceptors (Lipinski definition) is 2. The Morgan fingerprint density at radius 1 is 0.833 bits per heavy atom. The molecule has 4 aromatic rings. The standard InChI is InChI=1S/C21H15N3/c22-14-17-10-4-5-11-18(17)15-24-20-13-7-6-12-19(20)23-21(24)16-8-2-1-3-9-16/h1-13H,15H2. The lowest BCUT2D eigenvalue weighted by Crippen LogP contribution is -2.04. The summed E-state index contributed by atoms with van der Waals surface area (Å²) in [7, 11) is 0. The number of aromatic nitrogens is 2. The summed E-state index contributed by atoms with van der Waals surface area (Å²) in [6.07, 6.45) is 0. The van der Waals surface area contributed by atoms with Crippen LogP contribution in [0.4, 0.5) is 0 Å². The third-order valence-corrected chi connectivity index (χ3v) is 4.15. The first-order valence-corrected chi connectivity index (χ1v) is 7.85. The molecule has 0 aliphatic heterocycles. The first kappa shape index (κ1) is 14.2. The topological polar surface area (TPSA) is 41.6 Å². The molecule has 0 bridgehead atoms. The molecule has 3 aromatic carbocycles. The average Bonchev–Trinajstić information content (AvgIpc) is 3.02. The van der Waals surface area contributed by atoms with Crippen LogP contribution in [0.3, 0.4) is 0 Å². The zero-order valence-electron chi connectivity index (χ0n) is 13.1. The Morgan fingerprint density at radius 2 is 1.54 bits per heavy atom. The second-order valence-electron chi connectivity index (χ2n) is 5.65. The van der Waals surface area contributed by atoms with Crippen LogP contribution in [-0.2, 0) is 6.54 Å². The van der Waals surface area contributed by atoms with Crippen molar-refractivity contribution < 1.29 is 0 Å². The molecule has 3 heteroatoms. The van der Waals surface area contributed by atoms with E-state index in [9.17, 15) is 5.26 Å². The smallest absolute Gasteiger partial charge is 0.141 e. The van der Waals surface area contributed by atoms with E-state index in [1.807, 2.05) is 60.7 Å². The molecule has 1 aromatic heterocycles. The van der Waals surface area contributed by atoms with Crippen molar-refractivity contribution in [2.75, 3.05) is 0 Å². The Balaban J connectivity index is 1.92. The minimum absolute atomic E-state index is 0.620. The molecule has 1 heterocycles. The van der Waals surface area contributed by atoms with Crippen molar-refractivity contribution in [2.24, 2.45) is 0 Å². The van der Waals surface area contributed by atoms with E-state index in [0.29, 0.717) is 12.1 Å². The number of nitriles is 1. The van der Waals surface area contributed by atoms with Gasteiger partial charge in [-0.3, -0.25) is 0 Å². The number of rotatable bonds is 3. The van der Waals surface area contributed by atoms with Gasteiger partial charge in [0.1, 0.15) is 5.82 Å². The van der Waals surface area contributed by atoms with E-state index in [-0.39, 0.29) is 0 Å². The predicted octanol–water partition coefficient (Wildman–Crippen LogP) is 4.62. The van der Waals surface area contributed by atoms with Gasteiger partial charge in [-0.25, -0.2) is 4.98 Å². The summed E-state index contributed by atoms with van der Waals surface area (Å²) >= 11 is 0. The zero-order valence-corrected chi connectivity index (χ0v) is 13.1. The molecule has 0 atom stereocenters. The normalized spacial score (nSPS) is 10.6. The van der Waals surface area contributed by atoms with Gasteiger partial charge in [0, 0.05) is 5.56 Å². The lowest BCUT2D eigenvalue weighted by atomic mass is 10.1. The van der Waals surface area contributed by atoms with E-state index >= 15 is 0 Å². The minimum Gasteiger partial charge on any atom is -0.319 e. The molecule has 0 radical (unpaired) electrons. The van der Waals surface area contributed by atoms with Crippen LogP contribution in [0.1, 0.15) is 11.1 Å². The summed E-state index contributed by atoms with van der Waals surface area (Å²) in [5.74, 6) is 0.921. The number of hydrogen-bond donors (Lipinski definition) is 0. The summed E-state index contributed by atoms with van der Waals surface area (Å²) in [6, 6.07) is 28.3. The zero-order chi connectivity index (χ0) is 16.4. The van der Waals surface area contributed by atoms with E-state index in [4.69, 9.17) is 4.98 Å². The highest BCUT2D eigenvalue weighted by molar-refractivity contribution is 5.80. The molecule has 114 valence electrons. The van der Waals surface area contributed by atoms with Crippen LogP contribution in [0.5, 0.6) is 0 Å². The van der Waals surface area contributed by atoms with E-state index in [1.165, 1.54) is 0 Å². The highest BCUT2D eigenvalue weighted by Crippen LogP contribution is 2.26. The van der Waals surface area contributed by atoms with Gasteiger partial charge >= 0.3 is 0 Å². The summed E-state index contributed by atoms with van der Waals surface area (Å²) < 4.78 is 2.18. The van der Waals surface area contributed by atoms with Crippen molar-refractivity contribution in [2.45, 2.75) is 6.54 Å². The molecule has 0 aliphatic carbocycles. The second-order valence-corrected chi connectivity index (χ2v) is 5.65. The first-order chi connectivity index (χ1) is 11.9. The van der Waals surface area contributed by atoms with E-state index < -0.39 is 0 Å². The molecule has 3 nitrogen and oxygen atoms in total. The molecule has 0 amide bonds. The van der Waals surface area contributed by atoms with Gasteiger partial charge < -0.3 is 4.57 Å². The second kappa shape index (κ2) is 6.02. The number of imidazole rings is 1. The molecule has 0 fully saturated rings. The molecule has 0 aliphatic rings. The molecule has 0 spiro atoms. The molecular formula is C21H15N3. The largest absolute Gasteiger partial charge is 0.319 e. The number of fused-ring (bicyclic) bond motifs is 1. The van der Waals surface area contributed by atoms with E-state index in [2.05, 4.69) is 28.8 Å². The van der Waals surface area contributed by atoms with Crippen LogP contribution in [0.2, 0.25) is 0 Å². The SMILES string of the molecule is N#Cc1ccccc1Cn1c(-c2ccccc2)nc2ccccc21. The fourth-order valence-electron chi connectivity index (χ4n) is 2.98. The number of para-hydroxylation sites is 2. The monoisotopic (exact) mass is 309 g/mol. The van der Waals surface area contributed by atoms with Crippen molar-refractivity contribution in [1.82, 2.24) is 9.55 Å². The van der Waals surface area contributed by atoms with Crippen molar-refractivity contribution >= 4 is 11.0 Å². The molecule has 4 rings (SSSR count). The van der Waals surface area contributed by atoms with Crippen LogP contribution >= 0.6 is 0 Å². The van der Waals surface area contributed by atoms with Crippen LogP contribution in [0, 0.1) is 11.3 Å². The highest BCUT2D eigenvalue weighted by Gasteiger charge is 2.13. The summed E-state index contributed by atoms with van der Waals surface area (Å²) in [4.78, 5) is 4.81. The maximum Gasteiger partial charge on any atom is 0.141 e. The van der Waals surface area contributed by atoms with Crippen LogP contribution < -0.4 is 0 Å². The fraction of sp³-hybridized carbons (Fsp3) is 0.0476. The van der Waals surface area contributed by atoms with Gasteiger partial charge in [0.25, 0.3) is 0 Å². The maximum atomic E-state index is 9.37. The Hall–Kier alpha value is -3.38. The van der Waals surface area contributed by atoms with Crippen molar-refractivity contribution in [3.05, 3.63) is 90.0 Å². The van der Waals surface area contributed by atoms with Crippen molar-refractivity contribution in [3.63, 3.8) is 0 Å². The molecular weight excluding hydrogens is 294 g/mol. The van der Waals surface area contributed by atoms with Crippen molar-refractivity contribution in [1.29, 1.82) is 5.26 Å². The predicted molar refractivity (Wildman–Crippen MR) is 95.4 cm³/mol. The third kappa shape index (κ3) is 2.45. The highest BCUT2D eigenvalue weighted by atomic mass is 15.1. The van der Waals surface area contributed by atoms with Crippen LogP contribution in [-0.4, -0.2) is 9.55 Å². The Labute approximate surface area is 140 Å². The average molecular weight is 309 g/mol. The Kier molecular flexibility index (Phi) is 3.57. The van der Waals surface area contributed by atoms with Gasteiger partial charge in [-0.15, -0.1) is 0 Å². The molecule has 24 heavy (non-hydrogen) atoms. The maximum absolute atomic E-state index is 9.37. The van der Waals surface area contributed by atoms with Crippen LogP contribution in [0.25, 0.3) is 22.4 Å². The van der Waals surface area contributed by atoms with Crippen molar-refractivity contribution in [3.8, 4) is 17.5 Å². The van der Waals surface area contributed by atoms with Gasteiger partial charge in [-0.05, 0) is 23.8 Å². The summed E-state index contributed by atoms with van der Waals surface area (Å²) in [5, 5.41) is 9.37. The Bertz CT molecular complexity index is 1040. The number of benzene rings is 3. The summed E-state index contributed by atoms with van der Waals surface area (Å²) in [5.41, 5.74) is 4.81. The van der Waals surface area contributed by atoms with Gasteiger partial charge in [0.15, 0.2) is 0 Å². The van der Waals surface area contributed by atoms with E-state index in [0.717, 1.165) is 28.0 Å². The van der Waals surface area contributed by atoms with E-state index in [1.54, 1.807) is 0 Å². The van der Waals surface area contributed by atoms with Gasteiger partial charge in [-0.2, -0.15) is 5.26 Å². The van der Waals surface area contributed by atoms with Crippen LogP contribution in [0.15, 0.2) is 78.9 Å². The Morgan fingerprint density at radius 3 is 2.38 bits per heavy atom. The lowest BCUT2D eigenvalue weighted by Gasteiger charge is -2.11. The third-order valence-electron chi connectivity index (χ3n) is 4.15. The molecule has 0 saturated carbocycles. The molecule has 0 N–H and O–H groups in total.